The molecule has 1 aromatic carbocycles. The van der Waals surface area contributed by atoms with Crippen molar-refractivity contribution in [1.29, 1.82) is 0 Å². The monoisotopic (exact) mass is 337 g/mol. The van der Waals surface area contributed by atoms with Gasteiger partial charge in [-0.2, -0.15) is 0 Å². The van der Waals surface area contributed by atoms with Gasteiger partial charge in [-0.05, 0) is 41.6 Å². The average Bonchev–Trinajstić information content (AvgIpc) is 3.12. The van der Waals surface area contributed by atoms with Crippen molar-refractivity contribution in [2.75, 3.05) is 7.05 Å². The Hall–Kier alpha value is -2.60. The molecule has 1 saturated heterocycles. The highest BCUT2D eigenvalue weighted by molar-refractivity contribution is 8.15. The third-order valence-electron chi connectivity index (χ3n) is 4.24. The lowest BCUT2D eigenvalue weighted by molar-refractivity contribution is -0.125. The van der Waals surface area contributed by atoms with Gasteiger partial charge < -0.3 is 4.57 Å². The van der Waals surface area contributed by atoms with Crippen molar-refractivity contribution in [3.05, 3.63) is 66.1 Å². The van der Waals surface area contributed by atoms with Crippen LogP contribution in [0.2, 0.25) is 0 Å². The van der Waals surface area contributed by atoms with Gasteiger partial charge in [-0.15, -0.1) is 0 Å². The lowest BCUT2D eigenvalue weighted by Crippen LogP contribution is -2.24. The van der Waals surface area contributed by atoms with Crippen LogP contribution < -0.4 is 0 Å². The molecule has 3 aromatic rings. The maximum Gasteiger partial charge on any atom is 0.289 e. The van der Waals surface area contributed by atoms with Crippen LogP contribution in [0.4, 0.5) is 4.79 Å². The maximum absolute atomic E-state index is 12.3. The number of carbonyl (C=O) groups excluding carboxylic acids is 2. The lowest BCUT2D eigenvalue weighted by atomic mass is 10.1. The molecular formula is C18H15N3O2S. The topological polar surface area (TPSA) is 55.2 Å². The van der Waals surface area contributed by atoms with Crippen LogP contribution in [0.25, 0.3) is 10.9 Å². The van der Waals surface area contributed by atoms with Gasteiger partial charge in [-0.1, -0.05) is 18.2 Å². The molecule has 0 N–H and O–H groups in total. The first kappa shape index (κ1) is 15.0. The van der Waals surface area contributed by atoms with E-state index in [4.69, 9.17) is 0 Å². The summed E-state index contributed by atoms with van der Waals surface area (Å²) in [5.41, 5.74) is 2.90. The van der Waals surface area contributed by atoms with Crippen molar-refractivity contribution >= 4 is 33.8 Å². The fourth-order valence-corrected chi connectivity index (χ4v) is 4.01. The molecule has 3 heterocycles. The number of aromatic nitrogens is 2. The zero-order chi connectivity index (χ0) is 16.7. The molecular weight excluding hydrogens is 322 g/mol. The molecule has 1 unspecified atom stereocenters. The van der Waals surface area contributed by atoms with Crippen LogP contribution in [0.3, 0.4) is 0 Å². The Labute approximate surface area is 143 Å². The first-order chi connectivity index (χ1) is 11.6. The highest BCUT2D eigenvalue weighted by Crippen LogP contribution is 2.41. The third kappa shape index (κ3) is 2.39. The second-order valence-corrected chi connectivity index (χ2v) is 6.76. The van der Waals surface area contributed by atoms with Gasteiger partial charge in [-0.3, -0.25) is 19.5 Å². The highest BCUT2D eigenvalue weighted by atomic mass is 32.2. The van der Waals surface area contributed by atoms with Crippen molar-refractivity contribution in [1.82, 2.24) is 14.5 Å². The van der Waals surface area contributed by atoms with Crippen molar-refractivity contribution < 1.29 is 9.59 Å². The minimum atomic E-state index is -0.461. The number of hydrogen-bond acceptors (Lipinski definition) is 4. The van der Waals surface area contributed by atoms with Gasteiger partial charge in [0, 0.05) is 30.3 Å². The molecule has 1 fully saturated rings. The zero-order valence-corrected chi connectivity index (χ0v) is 13.9. The van der Waals surface area contributed by atoms with Gasteiger partial charge in [-0.25, -0.2) is 0 Å². The highest BCUT2D eigenvalue weighted by Gasteiger charge is 2.38. The fourth-order valence-electron chi connectivity index (χ4n) is 2.97. The molecule has 0 bridgehead atoms. The van der Waals surface area contributed by atoms with Crippen molar-refractivity contribution in [3.63, 3.8) is 0 Å². The number of hydrogen-bond donors (Lipinski definition) is 0. The molecule has 0 aliphatic carbocycles. The maximum atomic E-state index is 12.3. The number of nitrogens with zero attached hydrogens (tertiary/aromatic N) is 3. The predicted molar refractivity (Wildman–Crippen MR) is 93.8 cm³/mol. The van der Waals surface area contributed by atoms with Gasteiger partial charge in [0.1, 0.15) is 5.25 Å². The summed E-state index contributed by atoms with van der Waals surface area (Å²) in [6.07, 6.45) is 3.78. The summed E-state index contributed by atoms with van der Waals surface area (Å²) in [6, 6.07) is 13.7. The van der Waals surface area contributed by atoms with E-state index in [1.54, 1.807) is 6.20 Å². The molecule has 0 radical (unpaired) electrons. The number of thioether (sulfide) groups is 1. The summed E-state index contributed by atoms with van der Waals surface area (Å²) in [4.78, 5) is 29.7. The number of pyridine rings is 1. The van der Waals surface area contributed by atoms with E-state index < -0.39 is 5.25 Å². The van der Waals surface area contributed by atoms with Crippen LogP contribution in [0.1, 0.15) is 16.5 Å². The summed E-state index contributed by atoms with van der Waals surface area (Å²) in [5.74, 6) is -0.157. The lowest BCUT2D eigenvalue weighted by Gasteiger charge is -2.10. The van der Waals surface area contributed by atoms with Gasteiger partial charge >= 0.3 is 0 Å². The first-order valence-corrected chi connectivity index (χ1v) is 8.49. The molecule has 2 aromatic heterocycles. The quantitative estimate of drug-likeness (QED) is 0.734. The normalized spacial score (nSPS) is 17.9. The standard InChI is InChI=1S/C18H15N3O2S/c1-20-17(22)16(24-18(20)23)14-6-4-7-15-13(14)8-10-21(15)11-12-5-2-3-9-19-12/h2-10,16H,11H2,1H3. The Bertz CT molecular complexity index is 936. The molecule has 1 aliphatic rings. The second kappa shape index (κ2) is 5.79. The number of carbonyl (C=O) groups is 2. The first-order valence-electron chi connectivity index (χ1n) is 7.61. The van der Waals surface area contributed by atoms with E-state index in [9.17, 15) is 9.59 Å². The molecule has 0 spiro atoms. The van der Waals surface area contributed by atoms with Crippen LogP contribution >= 0.6 is 11.8 Å². The average molecular weight is 337 g/mol. The van der Waals surface area contributed by atoms with E-state index >= 15 is 0 Å². The molecule has 1 atom stereocenters. The Morgan fingerprint density at radius 2 is 2.00 bits per heavy atom. The van der Waals surface area contributed by atoms with Crippen molar-refractivity contribution in [2.24, 2.45) is 0 Å². The summed E-state index contributed by atoms with van der Waals surface area (Å²) in [5, 5.41) is 0.342. The smallest absolute Gasteiger partial charge is 0.289 e. The van der Waals surface area contributed by atoms with E-state index in [0.29, 0.717) is 6.54 Å². The summed E-state index contributed by atoms with van der Waals surface area (Å²) in [6.45, 7) is 0.665. The number of benzene rings is 1. The third-order valence-corrected chi connectivity index (χ3v) is 5.40. The molecule has 4 rings (SSSR count). The van der Waals surface area contributed by atoms with E-state index in [0.717, 1.165) is 33.9 Å². The van der Waals surface area contributed by atoms with Crippen LogP contribution in [-0.2, 0) is 11.3 Å². The molecule has 0 saturated carbocycles. The number of imide groups is 1. The number of fused-ring (bicyclic) bond motifs is 1. The fraction of sp³-hybridized carbons (Fsp3) is 0.167. The minimum Gasteiger partial charge on any atom is -0.341 e. The largest absolute Gasteiger partial charge is 0.341 e. The van der Waals surface area contributed by atoms with E-state index in [-0.39, 0.29) is 11.1 Å². The number of likely N-dealkylation sites (N-methyl/N-ethyl adjacent to an activating group) is 1. The van der Waals surface area contributed by atoms with Crippen LogP contribution in [0.5, 0.6) is 0 Å². The van der Waals surface area contributed by atoms with Gasteiger partial charge in [0.05, 0.1) is 12.2 Å². The summed E-state index contributed by atoms with van der Waals surface area (Å²) < 4.78 is 2.11. The van der Waals surface area contributed by atoms with E-state index in [1.807, 2.05) is 48.7 Å². The molecule has 24 heavy (non-hydrogen) atoms. The molecule has 2 amide bonds. The molecule has 6 heteroatoms. The summed E-state index contributed by atoms with van der Waals surface area (Å²) >= 11 is 1.08. The van der Waals surface area contributed by atoms with Crippen LogP contribution in [-0.4, -0.2) is 32.6 Å². The van der Waals surface area contributed by atoms with Crippen molar-refractivity contribution in [2.45, 2.75) is 11.8 Å². The molecule has 1 aliphatic heterocycles. The van der Waals surface area contributed by atoms with Gasteiger partial charge in [0.15, 0.2) is 0 Å². The number of rotatable bonds is 3. The van der Waals surface area contributed by atoms with E-state index in [1.165, 1.54) is 11.9 Å². The Morgan fingerprint density at radius 3 is 2.71 bits per heavy atom. The number of amides is 2. The Balaban J connectivity index is 1.75. The van der Waals surface area contributed by atoms with Crippen LogP contribution in [0, 0.1) is 0 Å². The SMILES string of the molecule is CN1C(=O)SC(c2cccc3c2ccn3Cc2ccccn2)C1=O. The van der Waals surface area contributed by atoms with Gasteiger partial charge in [0.2, 0.25) is 5.91 Å². The Kier molecular flexibility index (Phi) is 3.61. The zero-order valence-electron chi connectivity index (χ0n) is 13.0. The predicted octanol–water partition coefficient (Wildman–Crippen LogP) is 3.45. The summed E-state index contributed by atoms with van der Waals surface area (Å²) in [7, 11) is 1.53. The molecule has 120 valence electrons. The van der Waals surface area contributed by atoms with Gasteiger partial charge in [0.25, 0.3) is 5.24 Å². The van der Waals surface area contributed by atoms with Crippen LogP contribution in [0.15, 0.2) is 54.9 Å². The Morgan fingerprint density at radius 1 is 1.12 bits per heavy atom. The van der Waals surface area contributed by atoms with E-state index in [2.05, 4.69) is 9.55 Å². The second-order valence-electron chi connectivity index (χ2n) is 5.71. The minimum absolute atomic E-state index is 0.157. The molecule has 5 nitrogen and oxygen atoms in total. The van der Waals surface area contributed by atoms with Crippen molar-refractivity contribution in [3.8, 4) is 0 Å².